The number of guanidine groups is 1. The van der Waals surface area contributed by atoms with E-state index < -0.39 is 0 Å². The van der Waals surface area contributed by atoms with Crippen LogP contribution in [0.4, 0.5) is 0 Å². The molecule has 0 unspecified atom stereocenters. The number of aryl methyl sites for hydroxylation is 2. The molecule has 0 saturated carbocycles. The van der Waals surface area contributed by atoms with Crippen molar-refractivity contribution in [3.8, 4) is 0 Å². The van der Waals surface area contributed by atoms with Gasteiger partial charge in [-0.05, 0) is 42.9 Å². The molecule has 26 heavy (non-hydrogen) atoms. The van der Waals surface area contributed by atoms with Gasteiger partial charge in [-0.25, -0.2) is 4.99 Å². The molecule has 1 aromatic carbocycles. The summed E-state index contributed by atoms with van der Waals surface area (Å²) in [4.78, 5) is 4.78. The lowest BCUT2D eigenvalue weighted by molar-refractivity contribution is 0.711. The van der Waals surface area contributed by atoms with Crippen molar-refractivity contribution in [1.82, 2.24) is 25.4 Å². The third-order valence-corrected chi connectivity index (χ3v) is 5.02. The molecular formula is C19H30N6S. The zero-order valence-corrected chi connectivity index (χ0v) is 17.1. The van der Waals surface area contributed by atoms with Crippen LogP contribution in [0.1, 0.15) is 36.1 Å². The first kappa shape index (κ1) is 20.3. The van der Waals surface area contributed by atoms with Gasteiger partial charge in [-0.3, -0.25) is 0 Å². The van der Waals surface area contributed by atoms with Crippen LogP contribution in [0, 0.1) is 6.92 Å². The first-order valence-electron chi connectivity index (χ1n) is 9.08. The number of benzene rings is 1. The zero-order chi connectivity index (χ0) is 18.8. The topological polar surface area (TPSA) is 67.1 Å². The zero-order valence-electron chi connectivity index (χ0n) is 16.2. The van der Waals surface area contributed by atoms with E-state index in [0.29, 0.717) is 13.1 Å². The monoisotopic (exact) mass is 374 g/mol. The van der Waals surface area contributed by atoms with Gasteiger partial charge < -0.3 is 15.2 Å². The number of nitrogens with zero attached hydrogens (tertiary/aromatic N) is 4. The Hall–Kier alpha value is -2.02. The molecule has 0 aliphatic heterocycles. The molecule has 0 bridgehead atoms. The molecular weight excluding hydrogens is 344 g/mol. The molecule has 2 aromatic rings. The average Bonchev–Trinajstić information content (AvgIpc) is 2.99. The Morgan fingerprint density at radius 3 is 2.62 bits per heavy atom. The second-order valence-corrected chi connectivity index (χ2v) is 7.12. The molecule has 7 heteroatoms. The summed E-state index contributed by atoms with van der Waals surface area (Å²) in [5.41, 5.74) is 2.62. The van der Waals surface area contributed by atoms with Crippen molar-refractivity contribution in [3.63, 3.8) is 0 Å². The number of thioether (sulfide) groups is 1. The molecule has 0 aliphatic carbocycles. The Kier molecular flexibility index (Phi) is 8.47. The maximum Gasteiger partial charge on any atom is 0.191 e. The molecule has 2 N–H and O–H groups in total. The fourth-order valence-corrected chi connectivity index (χ4v) is 3.02. The molecule has 0 radical (unpaired) electrons. The Balaban J connectivity index is 2.02. The van der Waals surface area contributed by atoms with Crippen LogP contribution in [0.5, 0.6) is 0 Å². The minimum absolute atomic E-state index is 0.598. The standard InChI is InChI=1S/C19H30N6S/c1-5-16-9-6-7-10-17(16)13-21-19(20-11-8-12-26-4)22-14-18-24-23-15(2)25(18)3/h6-7,9-10H,5,8,11-14H2,1-4H3,(H2,20,21,22). The van der Waals surface area contributed by atoms with Crippen LogP contribution < -0.4 is 10.6 Å². The molecule has 0 saturated heterocycles. The summed E-state index contributed by atoms with van der Waals surface area (Å²) in [7, 11) is 1.98. The van der Waals surface area contributed by atoms with Crippen molar-refractivity contribution in [2.24, 2.45) is 12.0 Å². The predicted octanol–water partition coefficient (Wildman–Crippen LogP) is 2.67. The number of aliphatic imine (C=N–C) groups is 1. The van der Waals surface area contributed by atoms with Gasteiger partial charge in [-0.1, -0.05) is 31.2 Å². The number of hydrogen-bond acceptors (Lipinski definition) is 4. The summed E-state index contributed by atoms with van der Waals surface area (Å²) >= 11 is 1.86. The summed E-state index contributed by atoms with van der Waals surface area (Å²) in [5, 5.41) is 15.1. The molecule has 142 valence electrons. The SMILES string of the molecule is CCc1ccccc1CN=C(NCCCSC)NCc1nnc(C)n1C. The van der Waals surface area contributed by atoms with Gasteiger partial charge in [-0.2, -0.15) is 11.8 Å². The van der Waals surface area contributed by atoms with Gasteiger partial charge in [0, 0.05) is 13.6 Å². The molecule has 0 aliphatic rings. The Bertz CT molecular complexity index is 710. The summed E-state index contributed by atoms with van der Waals surface area (Å²) in [6, 6.07) is 8.49. The highest BCUT2D eigenvalue weighted by atomic mass is 32.2. The van der Waals surface area contributed by atoms with E-state index in [1.807, 2.05) is 30.3 Å². The lowest BCUT2D eigenvalue weighted by atomic mass is 10.1. The third kappa shape index (κ3) is 6.05. The van der Waals surface area contributed by atoms with Gasteiger partial charge in [0.05, 0.1) is 13.1 Å². The lowest BCUT2D eigenvalue weighted by Crippen LogP contribution is -2.38. The molecule has 6 nitrogen and oxygen atoms in total. The van der Waals surface area contributed by atoms with Gasteiger partial charge in [0.25, 0.3) is 0 Å². The van der Waals surface area contributed by atoms with Crippen LogP contribution >= 0.6 is 11.8 Å². The Morgan fingerprint density at radius 2 is 1.96 bits per heavy atom. The van der Waals surface area contributed by atoms with E-state index in [1.54, 1.807) is 0 Å². The number of rotatable bonds is 9. The minimum Gasteiger partial charge on any atom is -0.356 e. The van der Waals surface area contributed by atoms with E-state index in [1.165, 1.54) is 11.1 Å². The summed E-state index contributed by atoms with van der Waals surface area (Å²) < 4.78 is 1.99. The molecule has 0 atom stereocenters. The van der Waals surface area contributed by atoms with Gasteiger partial charge >= 0.3 is 0 Å². The molecule has 0 spiro atoms. The van der Waals surface area contributed by atoms with E-state index >= 15 is 0 Å². The van der Waals surface area contributed by atoms with Crippen LogP contribution in [0.25, 0.3) is 0 Å². The van der Waals surface area contributed by atoms with Crippen molar-refractivity contribution >= 4 is 17.7 Å². The van der Waals surface area contributed by atoms with Crippen molar-refractivity contribution in [2.75, 3.05) is 18.6 Å². The van der Waals surface area contributed by atoms with Crippen molar-refractivity contribution in [2.45, 2.75) is 39.8 Å². The van der Waals surface area contributed by atoms with E-state index in [2.05, 4.69) is 58.3 Å². The van der Waals surface area contributed by atoms with Crippen molar-refractivity contribution < 1.29 is 0 Å². The number of hydrogen-bond donors (Lipinski definition) is 2. The summed E-state index contributed by atoms with van der Waals surface area (Å²) in [5.74, 6) is 3.76. The Labute approximate surface area is 160 Å². The molecule has 0 fully saturated rings. The fourth-order valence-electron chi connectivity index (χ4n) is 2.59. The molecule has 1 aromatic heterocycles. The third-order valence-electron chi connectivity index (χ3n) is 4.32. The fraction of sp³-hybridized carbons (Fsp3) is 0.526. The normalized spacial score (nSPS) is 11.6. The Morgan fingerprint density at radius 1 is 1.19 bits per heavy atom. The highest BCUT2D eigenvalue weighted by Crippen LogP contribution is 2.10. The van der Waals surface area contributed by atoms with Crippen LogP contribution in [-0.2, 0) is 26.6 Å². The minimum atomic E-state index is 0.598. The highest BCUT2D eigenvalue weighted by molar-refractivity contribution is 7.98. The predicted molar refractivity (Wildman–Crippen MR) is 111 cm³/mol. The second kappa shape index (κ2) is 10.9. The summed E-state index contributed by atoms with van der Waals surface area (Å²) in [6.07, 6.45) is 4.26. The van der Waals surface area contributed by atoms with Crippen molar-refractivity contribution in [3.05, 3.63) is 47.0 Å². The summed E-state index contributed by atoms with van der Waals surface area (Å²) in [6.45, 7) is 6.30. The van der Waals surface area contributed by atoms with Crippen molar-refractivity contribution in [1.29, 1.82) is 0 Å². The van der Waals surface area contributed by atoms with E-state index in [-0.39, 0.29) is 0 Å². The van der Waals surface area contributed by atoms with Gasteiger partial charge in [0.15, 0.2) is 11.8 Å². The second-order valence-electron chi connectivity index (χ2n) is 6.14. The van der Waals surface area contributed by atoms with Crippen LogP contribution in [-0.4, -0.2) is 39.3 Å². The van der Waals surface area contributed by atoms with Crippen LogP contribution in [0.2, 0.25) is 0 Å². The van der Waals surface area contributed by atoms with Gasteiger partial charge in [0.1, 0.15) is 5.82 Å². The van der Waals surface area contributed by atoms with Gasteiger partial charge in [0.2, 0.25) is 0 Å². The average molecular weight is 375 g/mol. The lowest BCUT2D eigenvalue weighted by Gasteiger charge is -2.13. The molecule has 1 heterocycles. The number of aromatic nitrogens is 3. The van der Waals surface area contributed by atoms with E-state index in [0.717, 1.165) is 42.7 Å². The highest BCUT2D eigenvalue weighted by Gasteiger charge is 2.07. The smallest absolute Gasteiger partial charge is 0.191 e. The maximum absolute atomic E-state index is 4.78. The molecule has 2 rings (SSSR count). The largest absolute Gasteiger partial charge is 0.356 e. The quantitative estimate of drug-likeness (QED) is 0.401. The first-order valence-corrected chi connectivity index (χ1v) is 10.5. The molecule has 0 amide bonds. The van der Waals surface area contributed by atoms with Crippen LogP contribution in [0.3, 0.4) is 0 Å². The van der Waals surface area contributed by atoms with E-state index in [4.69, 9.17) is 4.99 Å². The first-order chi connectivity index (χ1) is 12.7. The van der Waals surface area contributed by atoms with Gasteiger partial charge in [-0.15, -0.1) is 10.2 Å². The van der Waals surface area contributed by atoms with E-state index in [9.17, 15) is 0 Å². The maximum atomic E-state index is 4.78. The number of nitrogens with one attached hydrogen (secondary N) is 2. The van der Waals surface area contributed by atoms with Crippen LogP contribution in [0.15, 0.2) is 29.3 Å².